The van der Waals surface area contributed by atoms with E-state index in [0.29, 0.717) is 48.5 Å². The lowest BCUT2D eigenvalue weighted by Gasteiger charge is -2.26. The largest absolute Gasteiger partial charge is 0.497 e. The first-order chi connectivity index (χ1) is 14.4. The Morgan fingerprint density at radius 3 is 2.80 bits per heavy atom. The van der Waals surface area contributed by atoms with Crippen LogP contribution in [0, 0.1) is 5.92 Å². The third-order valence-corrected chi connectivity index (χ3v) is 5.75. The minimum absolute atomic E-state index is 0.171. The molecule has 2 heterocycles. The Morgan fingerprint density at radius 2 is 2.10 bits per heavy atom. The lowest BCUT2D eigenvalue weighted by Crippen LogP contribution is -2.36. The molecule has 0 radical (unpaired) electrons. The number of anilines is 1. The van der Waals surface area contributed by atoms with Crippen LogP contribution in [0.1, 0.15) is 36.4 Å². The Morgan fingerprint density at radius 1 is 1.30 bits per heavy atom. The van der Waals surface area contributed by atoms with E-state index in [1.165, 1.54) is 17.4 Å². The summed E-state index contributed by atoms with van der Waals surface area (Å²) < 4.78 is 10.5. The van der Waals surface area contributed by atoms with Crippen molar-refractivity contribution in [3.63, 3.8) is 0 Å². The van der Waals surface area contributed by atoms with Crippen LogP contribution in [0.5, 0.6) is 11.5 Å². The zero-order valence-electron chi connectivity index (χ0n) is 17.7. The molecule has 7 nitrogen and oxygen atoms in total. The molecule has 0 saturated carbocycles. The number of nitrogens with zero attached hydrogens (tertiary/aromatic N) is 2. The second-order valence-electron chi connectivity index (χ2n) is 7.48. The van der Waals surface area contributed by atoms with Crippen molar-refractivity contribution in [1.82, 2.24) is 9.88 Å². The first kappa shape index (κ1) is 21.8. The molecular formula is C22H27N3O4S. The van der Waals surface area contributed by atoms with Crippen molar-refractivity contribution in [2.24, 2.45) is 5.92 Å². The summed E-state index contributed by atoms with van der Waals surface area (Å²) in [6.45, 7) is 5.32. The average molecular weight is 430 g/mol. The van der Waals surface area contributed by atoms with Gasteiger partial charge in [-0.25, -0.2) is 4.98 Å². The zero-order valence-corrected chi connectivity index (χ0v) is 18.5. The number of methoxy groups -OCH3 is 2. The Labute approximate surface area is 180 Å². The van der Waals surface area contributed by atoms with Crippen LogP contribution >= 0.6 is 11.3 Å². The van der Waals surface area contributed by atoms with Crippen LogP contribution in [0.25, 0.3) is 6.08 Å². The van der Waals surface area contributed by atoms with Crippen molar-refractivity contribution in [2.75, 3.05) is 26.1 Å². The molecule has 3 rings (SSSR count). The van der Waals surface area contributed by atoms with E-state index in [-0.39, 0.29) is 11.8 Å². The van der Waals surface area contributed by atoms with Gasteiger partial charge in [0.2, 0.25) is 11.8 Å². The van der Waals surface area contributed by atoms with Crippen LogP contribution in [0.4, 0.5) is 5.13 Å². The van der Waals surface area contributed by atoms with E-state index >= 15 is 0 Å². The molecule has 0 saturated heterocycles. The van der Waals surface area contributed by atoms with Gasteiger partial charge in [-0.2, -0.15) is 0 Å². The number of fused-ring (bicyclic) bond motifs is 1. The van der Waals surface area contributed by atoms with Crippen molar-refractivity contribution >= 4 is 34.4 Å². The number of amides is 2. The maximum absolute atomic E-state index is 12.4. The highest BCUT2D eigenvalue weighted by Crippen LogP contribution is 2.29. The van der Waals surface area contributed by atoms with Gasteiger partial charge in [0.1, 0.15) is 11.5 Å². The first-order valence-corrected chi connectivity index (χ1v) is 10.7. The summed E-state index contributed by atoms with van der Waals surface area (Å²) in [4.78, 5) is 32.2. The van der Waals surface area contributed by atoms with Gasteiger partial charge in [0.25, 0.3) is 0 Å². The molecule has 2 amide bonds. The Bertz CT molecular complexity index is 952. The van der Waals surface area contributed by atoms with Gasteiger partial charge in [0.15, 0.2) is 5.13 Å². The molecule has 1 aliphatic heterocycles. The minimum Gasteiger partial charge on any atom is -0.497 e. The molecule has 1 aromatic carbocycles. The summed E-state index contributed by atoms with van der Waals surface area (Å²) in [5.41, 5.74) is 1.70. The van der Waals surface area contributed by atoms with Crippen LogP contribution < -0.4 is 14.8 Å². The van der Waals surface area contributed by atoms with Crippen LogP contribution in [-0.2, 0) is 22.6 Å². The maximum atomic E-state index is 12.4. The molecule has 0 fully saturated rings. The van der Waals surface area contributed by atoms with Gasteiger partial charge in [0.05, 0.1) is 26.5 Å². The predicted molar refractivity (Wildman–Crippen MR) is 118 cm³/mol. The highest BCUT2D eigenvalue weighted by molar-refractivity contribution is 7.15. The number of carbonyl (C=O) groups excluding carboxylic acids is 2. The molecule has 0 spiro atoms. The summed E-state index contributed by atoms with van der Waals surface area (Å²) in [7, 11) is 3.16. The van der Waals surface area contributed by atoms with E-state index in [9.17, 15) is 9.59 Å². The highest BCUT2D eigenvalue weighted by Gasteiger charge is 2.24. The van der Waals surface area contributed by atoms with E-state index in [1.54, 1.807) is 38.5 Å². The monoisotopic (exact) mass is 429 g/mol. The van der Waals surface area contributed by atoms with E-state index in [4.69, 9.17) is 9.47 Å². The second-order valence-corrected chi connectivity index (χ2v) is 8.57. The van der Waals surface area contributed by atoms with E-state index < -0.39 is 0 Å². The molecule has 0 bridgehead atoms. The molecule has 30 heavy (non-hydrogen) atoms. The van der Waals surface area contributed by atoms with Gasteiger partial charge in [-0.3, -0.25) is 14.9 Å². The van der Waals surface area contributed by atoms with Gasteiger partial charge in [-0.15, -0.1) is 0 Å². The third-order valence-electron chi connectivity index (χ3n) is 4.75. The van der Waals surface area contributed by atoms with Gasteiger partial charge in [-0.1, -0.05) is 25.2 Å². The minimum atomic E-state index is -0.279. The molecule has 1 N–H and O–H groups in total. The van der Waals surface area contributed by atoms with Crippen LogP contribution in [0.15, 0.2) is 24.3 Å². The normalized spacial score (nSPS) is 13.4. The number of aromatic nitrogens is 1. The Hall–Kier alpha value is -2.87. The number of rotatable bonds is 7. The fourth-order valence-electron chi connectivity index (χ4n) is 3.22. The molecule has 0 aliphatic carbocycles. The standard InChI is InChI=1S/C22H27N3O4S/c1-14(2)11-21(27)25-10-9-17-19(13-25)30-22(23-17)24-20(26)8-5-15-12-16(28-3)6-7-18(15)29-4/h5-8,12,14H,9-11,13H2,1-4H3,(H,23,24,26)/b8-5+. The SMILES string of the molecule is COc1ccc(OC)c(/C=C/C(=O)Nc2nc3c(s2)CN(C(=O)CC(C)C)CC3)c1. The third kappa shape index (κ3) is 5.38. The molecule has 8 heteroatoms. The van der Waals surface area contributed by atoms with Crippen molar-refractivity contribution in [2.45, 2.75) is 33.2 Å². The number of benzene rings is 1. The highest BCUT2D eigenvalue weighted by atomic mass is 32.1. The van der Waals surface area contributed by atoms with Gasteiger partial charge >= 0.3 is 0 Å². The van der Waals surface area contributed by atoms with Crippen LogP contribution in [0.2, 0.25) is 0 Å². The van der Waals surface area contributed by atoms with E-state index in [0.717, 1.165) is 16.1 Å². The van der Waals surface area contributed by atoms with Gasteiger partial charge in [0, 0.05) is 35.9 Å². The summed E-state index contributed by atoms with van der Waals surface area (Å²) in [5.74, 6) is 1.56. The topological polar surface area (TPSA) is 80.8 Å². The predicted octanol–water partition coefficient (Wildman–Crippen LogP) is 3.74. The average Bonchev–Trinajstić information content (AvgIpc) is 3.12. The quantitative estimate of drug-likeness (QED) is 0.678. The fourth-order valence-corrected chi connectivity index (χ4v) is 4.25. The first-order valence-electron chi connectivity index (χ1n) is 9.87. The number of nitrogens with one attached hydrogen (secondary N) is 1. The van der Waals surface area contributed by atoms with E-state index in [1.807, 2.05) is 18.7 Å². The summed E-state index contributed by atoms with van der Waals surface area (Å²) >= 11 is 1.42. The smallest absolute Gasteiger partial charge is 0.250 e. The summed E-state index contributed by atoms with van der Waals surface area (Å²) in [6.07, 6.45) is 4.38. The summed E-state index contributed by atoms with van der Waals surface area (Å²) in [6, 6.07) is 5.39. The Kier molecular flexibility index (Phi) is 7.10. The number of ether oxygens (including phenoxy) is 2. The van der Waals surface area contributed by atoms with Crippen LogP contribution in [0.3, 0.4) is 0 Å². The van der Waals surface area contributed by atoms with Crippen molar-refractivity contribution in [3.8, 4) is 11.5 Å². The number of hydrogen-bond acceptors (Lipinski definition) is 6. The molecule has 0 atom stereocenters. The lowest BCUT2D eigenvalue weighted by atomic mass is 10.1. The second kappa shape index (κ2) is 9.75. The van der Waals surface area contributed by atoms with Crippen molar-refractivity contribution in [3.05, 3.63) is 40.4 Å². The van der Waals surface area contributed by atoms with E-state index in [2.05, 4.69) is 10.3 Å². The summed E-state index contributed by atoms with van der Waals surface area (Å²) in [5, 5.41) is 3.36. The van der Waals surface area contributed by atoms with Crippen molar-refractivity contribution < 1.29 is 19.1 Å². The maximum Gasteiger partial charge on any atom is 0.250 e. The van der Waals surface area contributed by atoms with Crippen LogP contribution in [-0.4, -0.2) is 42.5 Å². The van der Waals surface area contributed by atoms with Gasteiger partial charge in [-0.05, 0) is 30.2 Å². The lowest BCUT2D eigenvalue weighted by molar-refractivity contribution is -0.132. The molecule has 1 aliphatic rings. The molecule has 1 aromatic heterocycles. The number of hydrogen-bond donors (Lipinski definition) is 1. The number of thiazole rings is 1. The fraction of sp³-hybridized carbons (Fsp3) is 0.409. The molecular weight excluding hydrogens is 402 g/mol. The van der Waals surface area contributed by atoms with Crippen molar-refractivity contribution in [1.29, 1.82) is 0 Å². The molecule has 160 valence electrons. The number of carbonyl (C=O) groups is 2. The molecule has 0 unspecified atom stereocenters. The zero-order chi connectivity index (χ0) is 21.7. The Balaban J connectivity index is 1.64. The molecule has 2 aromatic rings. The van der Waals surface area contributed by atoms with Gasteiger partial charge < -0.3 is 14.4 Å².